The highest BCUT2D eigenvalue weighted by atomic mass is 16.5. The van der Waals surface area contributed by atoms with E-state index < -0.39 is 6.10 Å². The molecule has 1 N–H and O–H groups in total. The molecule has 0 amide bonds. The van der Waals surface area contributed by atoms with Crippen molar-refractivity contribution in [1.82, 2.24) is 4.98 Å². The van der Waals surface area contributed by atoms with Crippen molar-refractivity contribution < 1.29 is 9.53 Å². The Morgan fingerprint density at radius 1 is 0.963 bits per heavy atom. The van der Waals surface area contributed by atoms with Gasteiger partial charge < -0.3 is 9.72 Å². The van der Waals surface area contributed by atoms with Crippen molar-refractivity contribution >= 4 is 16.7 Å². The first-order valence-electron chi connectivity index (χ1n) is 8.58. The molecule has 27 heavy (non-hydrogen) atoms. The number of ether oxygens (including phenoxy) is 1. The molecule has 0 spiro atoms. The second kappa shape index (κ2) is 7.19. The summed E-state index contributed by atoms with van der Waals surface area (Å²) in [6.07, 6.45) is 0.914. The van der Waals surface area contributed by atoms with Crippen molar-refractivity contribution in [3.63, 3.8) is 0 Å². The number of Topliss-reactive ketones (excluding diaryl/α,β-unsaturated/α-hetero) is 1. The van der Waals surface area contributed by atoms with Gasteiger partial charge in [-0.2, -0.15) is 5.26 Å². The van der Waals surface area contributed by atoms with Gasteiger partial charge in [-0.3, -0.25) is 4.79 Å². The van der Waals surface area contributed by atoms with Crippen LogP contribution < -0.4 is 4.74 Å². The lowest BCUT2D eigenvalue weighted by molar-refractivity contribution is 0.0794. The van der Waals surface area contributed by atoms with Gasteiger partial charge in [-0.25, -0.2) is 0 Å². The van der Waals surface area contributed by atoms with Gasteiger partial charge in [0.1, 0.15) is 5.75 Å². The summed E-state index contributed by atoms with van der Waals surface area (Å²) >= 11 is 0. The molecule has 1 heterocycles. The van der Waals surface area contributed by atoms with Crippen LogP contribution in [0.25, 0.3) is 10.9 Å². The van der Waals surface area contributed by atoms with E-state index in [9.17, 15) is 4.79 Å². The summed E-state index contributed by atoms with van der Waals surface area (Å²) in [7, 11) is 0. The van der Waals surface area contributed by atoms with E-state index in [1.807, 2.05) is 54.6 Å². The van der Waals surface area contributed by atoms with Crippen molar-refractivity contribution in [3.05, 3.63) is 102 Å². The Kier molecular flexibility index (Phi) is 4.42. The summed E-state index contributed by atoms with van der Waals surface area (Å²) in [4.78, 5) is 16.5. The van der Waals surface area contributed by atoms with E-state index in [0.29, 0.717) is 16.9 Å². The van der Waals surface area contributed by atoms with E-state index in [1.54, 1.807) is 30.5 Å². The van der Waals surface area contributed by atoms with Gasteiger partial charge in [0.2, 0.25) is 5.78 Å². The number of aromatic nitrogens is 1. The Morgan fingerprint density at radius 2 is 1.74 bits per heavy atom. The number of ketones is 1. The summed E-state index contributed by atoms with van der Waals surface area (Å²) in [6, 6.07) is 26.0. The number of carbonyl (C=O) groups is 1. The number of nitrogens with zero attached hydrogens (tertiary/aromatic N) is 1. The van der Waals surface area contributed by atoms with Crippen LogP contribution in [0.15, 0.2) is 85.1 Å². The summed E-state index contributed by atoms with van der Waals surface area (Å²) in [5.41, 5.74) is 2.73. The third-order valence-corrected chi connectivity index (χ3v) is 4.41. The molecule has 0 aliphatic rings. The van der Waals surface area contributed by atoms with E-state index in [1.165, 1.54) is 0 Å². The fourth-order valence-electron chi connectivity index (χ4n) is 3.09. The van der Waals surface area contributed by atoms with Gasteiger partial charge in [0.25, 0.3) is 0 Å². The lowest BCUT2D eigenvalue weighted by atomic mass is 9.99. The van der Waals surface area contributed by atoms with E-state index in [4.69, 9.17) is 10.00 Å². The molecule has 0 aliphatic carbocycles. The van der Waals surface area contributed by atoms with Crippen LogP contribution in [0.4, 0.5) is 0 Å². The van der Waals surface area contributed by atoms with Crippen LogP contribution in [0.5, 0.6) is 5.75 Å². The average molecular weight is 352 g/mol. The third kappa shape index (κ3) is 3.31. The van der Waals surface area contributed by atoms with Crippen molar-refractivity contribution in [1.29, 1.82) is 5.26 Å². The molecule has 1 atom stereocenters. The molecule has 1 aromatic heterocycles. The Bertz CT molecular complexity index is 1140. The maximum atomic E-state index is 13.4. The Labute approximate surface area is 156 Å². The van der Waals surface area contributed by atoms with Crippen LogP contribution in [0.2, 0.25) is 0 Å². The normalized spacial score (nSPS) is 11.7. The molecule has 4 nitrogen and oxygen atoms in total. The molecule has 130 valence electrons. The lowest BCUT2D eigenvalue weighted by Gasteiger charge is -2.18. The highest BCUT2D eigenvalue weighted by Crippen LogP contribution is 2.29. The summed E-state index contributed by atoms with van der Waals surface area (Å²) in [6.45, 7) is 0. The topological polar surface area (TPSA) is 65.9 Å². The number of aromatic amines is 1. The van der Waals surface area contributed by atoms with Crippen LogP contribution in [-0.4, -0.2) is 10.8 Å². The molecule has 3 aromatic carbocycles. The van der Waals surface area contributed by atoms with Crippen LogP contribution >= 0.6 is 0 Å². The first-order valence-corrected chi connectivity index (χ1v) is 8.58. The van der Waals surface area contributed by atoms with E-state index in [-0.39, 0.29) is 5.78 Å². The van der Waals surface area contributed by atoms with Gasteiger partial charge in [-0.1, -0.05) is 54.6 Å². The number of fused-ring (bicyclic) bond motifs is 1. The molecule has 0 bridgehead atoms. The van der Waals surface area contributed by atoms with Crippen LogP contribution in [0.1, 0.15) is 27.6 Å². The lowest BCUT2D eigenvalue weighted by Crippen LogP contribution is -2.19. The first-order chi connectivity index (χ1) is 13.3. The smallest absolute Gasteiger partial charge is 0.210 e. The molecular formula is C23H16N2O2. The molecule has 4 rings (SSSR count). The molecule has 4 heteroatoms. The van der Waals surface area contributed by atoms with Gasteiger partial charge in [-0.05, 0) is 24.3 Å². The van der Waals surface area contributed by atoms with Crippen molar-refractivity contribution in [2.24, 2.45) is 0 Å². The van der Waals surface area contributed by atoms with E-state index in [2.05, 4.69) is 11.1 Å². The summed E-state index contributed by atoms with van der Waals surface area (Å²) in [5, 5.41) is 9.97. The molecule has 0 saturated carbocycles. The van der Waals surface area contributed by atoms with Gasteiger partial charge in [0.15, 0.2) is 6.10 Å². The van der Waals surface area contributed by atoms with Crippen LogP contribution in [-0.2, 0) is 0 Å². The quantitative estimate of drug-likeness (QED) is 0.512. The van der Waals surface area contributed by atoms with Gasteiger partial charge in [-0.15, -0.1) is 0 Å². The van der Waals surface area contributed by atoms with Crippen molar-refractivity contribution in [3.8, 4) is 11.8 Å². The fraction of sp³-hybridized carbons (Fsp3) is 0.0435. The number of para-hydroxylation sites is 1. The minimum Gasteiger partial charge on any atom is -0.477 e. The number of hydrogen-bond acceptors (Lipinski definition) is 3. The Balaban J connectivity index is 1.76. The van der Waals surface area contributed by atoms with Gasteiger partial charge >= 0.3 is 0 Å². The van der Waals surface area contributed by atoms with E-state index in [0.717, 1.165) is 16.5 Å². The molecule has 0 aliphatic heterocycles. The zero-order valence-electron chi connectivity index (χ0n) is 14.4. The number of benzene rings is 3. The molecular weight excluding hydrogens is 336 g/mol. The predicted octanol–water partition coefficient (Wildman–Crippen LogP) is 5.04. The van der Waals surface area contributed by atoms with E-state index >= 15 is 0 Å². The third-order valence-electron chi connectivity index (χ3n) is 4.41. The molecule has 0 unspecified atom stereocenters. The second-order valence-corrected chi connectivity index (χ2v) is 6.16. The van der Waals surface area contributed by atoms with Gasteiger partial charge in [0.05, 0.1) is 11.6 Å². The number of rotatable bonds is 5. The fourth-order valence-corrected chi connectivity index (χ4v) is 3.09. The van der Waals surface area contributed by atoms with Crippen LogP contribution in [0, 0.1) is 11.3 Å². The first kappa shape index (κ1) is 16.6. The zero-order valence-corrected chi connectivity index (χ0v) is 14.4. The van der Waals surface area contributed by atoms with Crippen molar-refractivity contribution in [2.45, 2.75) is 6.10 Å². The monoisotopic (exact) mass is 352 g/mol. The van der Waals surface area contributed by atoms with Crippen LogP contribution in [0.3, 0.4) is 0 Å². The molecule has 0 radical (unpaired) electrons. The zero-order chi connectivity index (χ0) is 18.6. The number of carbonyl (C=O) groups excluding carboxylic acids is 1. The largest absolute Gasteiger partial charge is 0.477 e. The average Bonchev–Trinajstić information content (AvgIpc) is 3.16. The number of nitrogens with one attached hydrogen (secondary N) is 1. The molecule has 0 saturated heterocycles. The molecule has 0 fully saturated rings. The molecule has 4 aromatic rings. The Morgan fingerprint density at radius 3 is 2.56 bits per heavy atom. The maximum absolute atomic E-state index is 13.4. The summed E-state index contributed by atoms with van der Waals surface area (Å²) in [5.74, 6) is 0.345. The minimum atomic E-state index is -0.806. The Hall–Kier alpha value is -3.84. The number of H-pyrrole nitrogens is 1. The minimum absolute atomic E-state index is 0.138. The standard InChI is InChI=1S/C23H16N2O2/c24-14-16-7-6-10-18(13-16)27-23(17-8-2-1-3-9-17)22(26)20-15-25-21-12-5-4-11-19(20)21/h1-13,15,23,25H/t23-/m0/s1. The number of nitriles is 1. The highest BCUT2D eigenvalue weighted by Gasteiger charge is 2.26. The highest BCUT2D eigenvalue weighted by molar-refractivity contribution is 6.10. The van der Waals surface area contributed by atoms with Crippen molar-refractivity contribution in [2.75, 3.05) is 0 Å². The predicted molar refractivity (Wildman–Crippen MR) is 104 cm³/mol. The summed E-state index contributed by atoms with van der Waals surface area (Å²) < 4.78 is 6.06. The second-order valence-electron chi connectivity index (χ2n) is 6.16. The SMILES string of the molecule is N#Cc1cccc(O[C@H](C(=O)c2c[nH]c3ccccc23)c2ccccc2)c1. The van der Waals surface area contributed by atoms with Gasteiger partial charge in [0, 0.05) is 28.2 Å². The maximum Gasteiger partial charge on any atom is 0.210 e. The number of hydrogen-bond donors (Lipinski definition) is 1.